The monoisotopic (exact) mass is 343 g/mol. The molecule has 2 aliphatic rings. The van der Waals surface area contributed by atoms with Gasteiger partial charge in [0.2, 0.25) is 0 Å². The molecule has 0 N–H and O–H groups in total. The number of hydrogen-bond acceptors (Lipinski definition) is 3. The van der Waals surface area contributed by atoms with E-state index in [1.165, 1.54) is 17.7 Å². The minimum absolute atomic E-state index is 0.123. The Bertz CT molecular complexity index is 570. The summed E-state index contributed by atoms with van der Waals surface area (Å²) in [4.78, 5) is 26.4. The zero-order valence-electron chi connectivity index (χ0n) is 15.2. The van der Waals surface area contributed by atoms with Crippen molar-refractivity contribution < 1.29 is 14.3 Å². The Hall–Kier alpha value is -1.68. The van der Waals surface area contributed by atoms with Gasteiger partial charge in [-0.1, -0.05) is 31.9 Å². The van der Waals surface area contributed by atoms with Gasteiger partial charge >= 0.3 is 0 Å². The van der Waals surface area contributed by atoms with Gasteiger partial charge in [0.25, 0.3) is 11.8 Å². The fourth-order valence-electron chi connectivity index (χ4n) is 3.95. The van der Waals surface area contributed by atoms with Crippen molar-refractivity contribution in [2.45, 2.75) is 51.9 Å². The first kappa shape index (κ1) is 18.1. The van der Waals surface area contributed by atoms with Gasteiger partial charge in [0, 0.05) is 19.8 Å². The second-order valence-electron chi connectivity index (χ2n) is 7.44. The maximum Gasteiger partial charge on any atom is 0.261 e. The number of carbonyl (C=O) groups is 2. The number of benzene rings is 1. The first-order valence-electron chi connectivity index (χ1n) is 9.73. The highest BCUT2D eigenvalue weighted by atomic mass is 16.5. The molecule has 1 fully saturated rings. The van der Waals surface area contributed by atoms with Crippen molar-refractivity contribution in [3.05, 3.63) is 35.4 Å². The van der Waals surface area contributed by atoms with Crippen LogP contribution in [0.3, 0.4) is 0 Å². The van der Waals surface area contributed by atoms with Crippen molar-refractivity contribution in [1.82, 2.24) is 4.90 Å². The average molecular weight is 343 g/mol. The van der Waals surface area contributed by atoms with Crippen molar-refractivity contribution in [3.8, 4) is 0 Å². The van der Waals surface area contributed by atoms with Crippen molar-refractivity contribution in [2.24, 2.45) is 11.8 Å². The van der Waals surface area contributed by atoms with E-state index in [0.29, 0.717) is 29.5 Å². The molecule has 1 aliphatic carbocycles. The molecular formula is C21H29NO3. The Labute approximate surface area is 150 Å². The Morgan fingerprint density at radius 2 is 1.56 bits per heavy atom. The van der Waals surface area contributed by atoms with Crippen LogP contribution in [-0.2, 0) is 4.74 Å². The number of nitrogens with zero attached hydrogens (tertiary/aromatic N) is 1. The largest absolute Gasteiger partial charge is 0.381 e. The van der Waals surface area contributed by atoms with Crippen LogP contribution in [0.2, 0.25) is 0 Å². The molecule has 1 saturated carbocycles. The van der Waals surface area contributed by atoms with Crippen LogP contribution in [0.15, 0.2) is 24.3 Å². The summed E-state index contributed by atoms with van der Waals surface area (Å²) in [5.74, 6) is 0.822. The number of carbonyl (C=O) groups excluding carboxylic acids is 2. The Morgan fingerprint density at radius 1 is 0.960 bits per heavy atom. The molecule has 4 nitrogen and oxygen atoms in total. The first-order valence-corrected chi connectivity index (χ1v) is 9.73. The molecule has 1 aromatic rings. The zero-order chi connectivity index (χ0) is 17.6. The fourth-order valence-corrected chi connectivity index (χ4v) is 3.95. The minimum Gasteiger partial charge on any atom is -0.381 e. The Kier molecular flexibility index (Phi) is 6.24. The van der Waals surface area contributed by atoms with Crippen LogP contribution >= 0.6 is 0 Å². The maximum atomic E-state index is 12.5. The van der Waals surface area contributed by atoms with E-state index < -0.39 is 0 Å². The van der Waals surface area contributed by atoms with E-state index in [0.717, 1.165) is 45.3 Å². The molecule has 0 spiro atoms. The van der Waals surface area contributed by atoms with Crippen LogP contribution in [0.25, 0.3) is 0 Å². The van der Waals surface area contributed by atoms with Gasteiger partial charge in [-0.25, -0.2) is 0 Å². The Balaban J connectivity index is 1.43. The normalized spacial score (nSPS) is 23.2. The Morgan fingerprint density at radius 3 is 2.16 bits per heavy atom. The molecule has 0 atom stereocenters. The number of amides is 2. The van der Waals surface area contributed by atoms with Crippen LogP contribution in [0.1, 0.15) is 72.6 Å². The highest BCUT2D eigenvalue weighted by molar-refractivity contribution is 6.21. The molecule has 1 heterocycles. The molecular weight excluding hydrogens is 314 g/mol. The summed E-state index contributed by atoms with van der Waals surface area (Å²) in [6.07, 6.45) is 8.07. The van der Waals surface area contributed by atoms with Gasteiger partial charge < -0.3 is 4.74 Å². The zero-order valence-corrected chi connectivity index (χ0v) is 15.2. The molecule has 0 unspecified atom stereocenters. The third-order valence-corrected chi connectivity index (χ3v) is 5.53. The number of imide groups is 1. The molecule has 4 heteroatoms. The van der Waals surface area contributed by atoms with Crippen LogP contribution in [-0.4, -0.2) is 36.5 Å². The summed E-state index contributed by atoms with van der Waals surface area (Å²) in [5, 5.41) is 0. The van der Waals surface area contributed by atoms with E-state index in [9.17, 15) is 9.59 Å². The summed E-state index contributed by atoms with van der Waals surface area (Å²) >= 11 is 0. The maximum absolute atomic E-state index is 12.5. The molecule has 3 rings (SSSR count). The SMILES string of the molecule is CCCCCOCC1CCC(CN2C(=O)c3ccccc3C2=O)CC1. The first-order chi connectivity index (χ1) is 12.2. The van der Waals surface area contributed by atoms with E-state index in [2.05, 4.69) is 6.92 Å². The standard InChI is InChI=1S/C21H29NO3/c1-2-3-6-13-25-15-17-11-9-16(10-12-17)14-22-20(23)18-7-4-5-8-19(18)21(22)24/h4-5,7-8,16-17H,2-3,6,9-15H2,1H3. The smallest absolute Gasteiger partial charge is 0.261 e. The average Bonchev–Trinajstić information content (AvgIpc) is 2.88. The molecule has 0 bridgehead atoms. The van der Waals surface area contributed by atoms with Crippen molar-refractivity contribution in [1.29, 1.82) is 0 Å². The number of hydrogen-bond donors (Lipinski definition) is 0. The predicted octanol–water partition coefficient (Wildman–Crippen LogP) is 4.30. The molecule has 1 aliphatic heterocycles. The highest BCUT2D eigenvalue weighted by Gasteiger charge is 2.36. The predicted molar refractivity (Wildman–Crippen MR) is 97.6 cm³/mol. The lowest BCUT2D eigenvalue weighted by atomic mass is 9.82. The summed E-state index contributed by atoms with van der Waals surface area (Å²) in [6, 6.07) is 7.14. The summed E-state index contributed by atoms with van der Waals surface area (Å²) in [5.41, 5.74) is 1.11. The summed E-state index contributed by atoms with van der Waals surface area (Å²) in [7, 11) is 0. The van der Waals surface area contributed by atoms with Gasteiger partial charge in [0.1, 0.15) is 0 Å². The van der Waals surface area contributed by atoms with Crippen molar-refractivity contribution in [2.75, 3.05) is 19.8 Å². The molecule has 0 radical (unpaired) electrons. The summed E-state index contributed by atoms with van der Waals surface area (Å²) < 4.78 is 5.80. The van der Waals surface area contributed by atoms with Gasteiger partial charge in [-0.3, -0.25) is 14.5 Å². The lowest BCUT2D eigenvalue weighted by Crippen LogP contribution is -2.36. The van der Waals surface area contributed by atoms with Gasteiger partial charge in [-0.15, -0.1) is 0 Å². The van der Waals surface area contributed by atoms with Crippen LogP contribution in [0, 0.1) is 11.8 Å². The van der Waals surface area contributed by atoms with Crippen LogP contribution in [0.4, 0.5) is 0 Å². The molecule has 1 aromatic carbocycles. The lowest BCUT2D eigenvalue weighted by molar-refractivity contribution is 0.0556. The van der Waals surface area contributed by atoms with E-state index >= 15 is 0 Å². The van der Waals surface area contributed by atoms with Gasteiger partial charge in [0.05, 0.1) is 11.1 Å². The number of fused-ring (bicyclic) bond motifs is 1. The molecule has 2 amide bonds. The van der Waals surface area contributed by atoms with E-state index in [4.69, 9.17) is 4.74 Å². The van der Waals surface area contributed by atoms with E-state index in [-0.39, 0.29) is 11.8 Å². The van der Waals surface area contributed by atoms with Crippen LogP contribution < -0.4 is 0 Å². The second kappa shape index (κ2) is 8.61. The molecule has 136 valence electrons. The number of rotatable bonds is 8. The van der Waals surface area contributed by atoms with Gasteiger partial charge in [0.15, 0.2) is 0 Å². The third-order valence-electron chi connectivity index (χ3n) is 5.53. The molecule has 25 heavy (non-hydrogen) atoms. The van der Waals surface area contributed by atoms with Crippen molar-refractivity contribution >= 4 is 11.8 Å². The van der Waals surface area contributed by atoms with E-state index in [1.807, 2.05) is 12.1 Å². The fraction of sp³-hybridized carbons (Fsp3) is 0.619. The highest BCUT2D eigenvalue weighted by Crippen LogP contribution is 2.32. The number of ether oxygens (including phenoxy) is 1. The second-order valence-corrected chi connectivity index (χ2v) is 7.44. The topological polar surface area (TPSA) is 46.6 Å². The van der Waals surface area contributed by atoms with Crippen molar-refractivity contribution in [3.63, 3.8) is 0 Å². The van der Waals surface area contributed by atoms with Gasteiger partial charge in [-0.2, -0.15) is 0 Å². The van der Waals surface area contributed by atoms with E-state index in [1.54, 1.807) is 12.1 Å². The molecule has 0 saturated heterocycles. The number of unbranched alkanes of at least 4 members (excludes halogenated alkanes) is 2. The summed E-state index contributed by atoms with van der Waals surface area (Å²) in [6.45, 7) is 4.51. The lowest BCUT2D eigenvalue weighted by Gasteiger charge is -2.30. The minimum atomic E-state index is -0.123. The molecule has 0 aromatic heterocycles. The quantitative estimate of drug-likeness (QED) is 0.522. The van der Waals surface area contributed by atoms with Crippen LogP contribution in [0.5, 0.6) is 0 Å². The van der Waals surface area contributed by atoms with Gasteiger partial charge in [-0.05, 0) is 56.1 Å². The third kappa shape index (κ3) is 4.30.